The van der Waals surface area contributed by atoms with E-state index in [-0.39, 0.29) is 5.82 Å². The van der Waals surface area contributed by atoms with Gasteiger partial charge in [0.15, 0.2) is 0 Å². The smallest absolute Gasteiger partial charge is 0.127 e. The zero-order chi connectivity index (χ0) is 13.7. The Kier molecular flexibility index (Phi) is 4.67. The fourth-order valence-corrected chi connectivity index (χ4v) is 2.73. The van der Waals surface area contributed by atoms with E-state index >= 15 is 0 Å². The Balaban J connectivity index is 1.94. The van der Waals surface area contributed by atoms with Crippen LogP contribution in [-0.4, -0.2) is 0 Å². The number of hydrogen-bond acceptors (Lipinski definition) is 3. The number of thiophene rings is 1. The van der Waals surface area contributed by atoms with Crippen LogP contribution in [-0.2, 0) is 19.5 Å². The first-order valence-corrected chi connectivity index (χ1v) is 7.01. The third kappa shape index (κ3) is 3.63. The van der Waals surface area contributed by atoms with Crippen LogP contribution in [0.1, 0.15) is 27.8 Å². The molecule has 0 amide bonds. The van der Waals surface area contributed by atoms with E-state index in [1.807, 2.05) is 6.07 Å². The Morgan fingerprint density at radius 3 is 2.68 bits per heavy atom. The highest BCUT2D eigenvalue weighted by molar-refractivity contribution is 7.11. The van der Waals surface area contributed by atoms with E-state index in [0.717, 1.165) is 13.0 Å². The lowest BCUT2D eigenvalue weighted by molar-refractivity contribution is 0.589. The number of benzene rings is 1. The lowest BCUT2D eigenvalue weighted by Crippen LogP contribution is -2.13. The molecule has 4 heteroatoms. The summed E-state index contributed by atoms with van der Waals surface area (Å²) in [6, 6.07) is 10.7. The van der Waals surface area contributed by atoms with Crippen molar-refractivity contribution in [3.05, 3.63) is 57.0 Å². The summed E-state index contributed by atoms with van der Waals surface area (Å²) in [7, 11) is 0. The number of nitrogens with one attached hydrogen (secondary N) is 1. The molecule has 2 rings (SSSR count). The van der Waals surface area contributed by atoms with E-state index in [0.29, 0.717) is 17.7 Å². The van der Waals surface area contributed by atoms with Crippen molar-refractivity contribution in [3.63, 3.8) is 0 Å². The second-order valence-electron chi connectivity index (χ2n) is 4.24. The van der Waals surface area contributed by atoms with Crippen molar-refractivity contribution < 1.29 is 4.39 Å². The van der Waals surface area contributed by atoms with Crippen LogP contribution in [0, 0.1) is 17.1 Å². The van der Waals surface area contributed by atoms with Crippen molar-refractivity contribution in [1.82, 2.24) is 5.32 Å². The molecular formula is C15H15FN2S. The van der Waals surface area contributed by atoms with E-state index in [2.05, 4.69) is 24.4 Å². The number of nitriles is 1. The lowest BCUT2D eigenvalue weighted by atomic mass is 10.1. The minimum absolute atomic E-state index is 0.271. The van der Waals surface area contributed by atoms with Gasteiger partial charge in [-0.25, -0.2) is 4.39 Å². The topological polar surface area (TPSA) is 35.8 Å². The fraction of sp³-hybridized carbons (Fsp3) is 0.267. The highest BCUT2D eigenvalue weighted by atomic mass is 32.1. The van der Waals surface area contributed by atoms with E-state index in [1.165, 1.54) is 21.9 Å². The quantitative estimate of drug-likeness (QED) is 0.904. The predicted octanol–water partition coefficient (Wildman–Crippen LogP) is 3.61. The molecule has 19 heavy (non-hydrogen) atoms. The number of aryl methyl sites for hydroxylation is 1. The van der Waals surface area contributed by atoms with Crippen LogP contribution in [0.2, 0.25) is 0 Å². The highest BCUT2D eigenvalue weighted by Crippen LogP contribution is 2.17. The number of halogens is 1. The first-order valence-electron chi connectivity index (χ1n) is 6.19. The SMILES string of the molecule is CCc1ccc(CNCc2cc(C#N)ccc2F)s1. The van der Waals surface area contributed by atoms with Crippen LogP contribution >= 0.6 is 11.3 Å². The molecule has 2 aromatic rings. The maximum atomic E-state index is 13.5. The molecule has 1 aromatic heterocycles. The Morgan fingerprint density at radius 1 is 1.21 bits per heavy atom. The Bertz CT molecular complexity index is 598. The standard InChI is InChI=1S/C15H15FN2S/c1-2-13-4-5-14(19-13)10-18-9-12-7-11(8-17)3-6-15(12)16/h3-7,18H,2,9-10H2,1H3. The summed E-state index contributed by atoms with van der Waals surface area (Å²) in [5.74, 6) is -0.271. The minimum atomic E-state index is -0.271. The van der Waals surface area contributed by atoms with Crippen LogP contribution in [0.5, 0.6) is 0 Å². The van der Waals surface area contributed by atoms with Gasteiger partial charge < -0.3 is 5.32 Å². The summed E-state index contributed by atoms with van der Waals surface area (Å²) < 4.78 is 13.5. The number of hydrogen-bond donors (Lipinski definition) is 1. The summed E-state index contributed by atoms with van der Waals surface area (Å²) in [5.41, 5.74) is 1.02. The van der Waals surface area contributed by atoms with Gasteiger partial charge >= 0.3 is 0 Å². The summed E-state index contributed by atoms with van der Waals surface area (Å²) in [5, 5.41) is 12.0. The third-order valence-corrected chi connectivity index (χ3v) is 4.08. The van der Waals surface area contributed by atoms with Crippen molar-refractivity contribution in [1.29, 1.82) is 5.26 Å². The summed E-state index contributed by atoms with van der Waals surface area (Å²) in [6.45, 7) is 3.29. The van der Waals surface area contributed by atoms with Crippen LogP contribution in [0.4, 0.5) is 4.39 Å². The molecule has 0 saturated carbocycles. The van der Waals surface area contributed by atoms with Crippen molar-refractivity contribution in [2.75, 3.05) is 0 Å². The zero-order valence-electron chi connectivity index (χ0n) is 10.7. The van der Waals surface area contributed by atoms with Crippen LogP contribution in [0.15, 0.2) is 30.3 Å². The maximum absolute atomic E-state index is 13.5. The molecular weight excluding hydrogens is 259 g/mol. The molecule has 2 nitrogen and oxygen atoms in total. The highest BCUT2D eigenvalue weighted by Gasteiger charge is 2.04. The van der Waals surface area contributed by atoms with Gasteiger partial charge in [0.05, 0.1) is 11.6 Å². The third-order valence-electron chi connectivity index (χ3n) is 2.86. The Hall–Kier alpha value is -1.70. The van der Waals surface area contributed by atoms with Gasteiger partial charge in [-0.3, -0.25) is 0 Å². The monoisotopic (exact) mass is 274 g/mol. The van der Waals surface area contributed by atoms with Gasteiger partial charge in [0.1, 0.15) is 5.82 Å². The zero-order valence-corrected chi connectivity index (χ0v) is 11.6. The first-order chi connectivity index (χ1) is 9.22. The first kappa shape index (κ1) is 13.7. The van der Waals surface area contributed by atoms with Crippen LogP contribution in [0.3, 0.4) is 0 Å². The van der Waals surface area contributed by atoms with E-state index in [1.54, 1.807) is 17.4 Å². The predicted molar refractivity (Wildman–Crippen MR) is 75.4 cm³/mol. The van der Waals surface area contributed by atoms with Gasteiger partial charge in [0.2, 0.25) is 0 Å². The fourth-order valence-electron chi connectivity index (χ4n) is 1.81. The summed E-state index contributed by atoms with van der Waals surface area (Å²) in [4.78, 5) is 2.60. The van der Waals surface area contributed by atoms with E-state index in [4.69, 9.17) is 5.26 Å². The summed E-state index contributed by atoms with van der Waals surface area (Å²) >= 11 is 1.77. The van der Waals surface area contributed by atoms with Gasteiger partial charge in [-0.15, -0.1) is 11.3 Å². The molecule has 0 aliphatic carbocycles. The number of rotatable bonds is 5. The average Bonchev–Trinajstić information content (AvgIpc) is 2.89. The molecule has 0 atom stereocenters. The average molecular weight is 274 g/mol. The van der Waals surface area contributed by atoms with Gasteiger partial charge in [-0.1, -0.05) is 6.92 Å². The molecule has 0 aliphatic rings. The van der Waals surface area contributed by atoms with Gasteiger partial charge in [0.25, 0.3) is 0 Å². The van der Waals surface area contributed by atoms with Gasteiger partial charge in [-0.2, -0.15) is 5.26 Å². The second-order valence-corrected chi connectivity index (χ2v) is 5.50. The molecule has 1 N–H and O–H groups in total. The molecule has 0 aliphatic heterocycles. The number of nitrogens with zero attached hydrogens (tertiary/aromatic N) is 1. The molecule has 98 valence electrons. The molecule has 0 bridgehead atoms. The van der Waals surface area contributed by atoms with Gasteiger partial charge in [-0.05, 0) is 36.8 Å². The Morgan fingerprint density at radius 2 is 2.00 bits per heavy atom. The molecule has 0 unspecified atom stereocenters. The molecule has 0 saturated heterocycles. The van der Waals surface area contributed by atoms with E-state index < -0.39 is 0 Å². The minimum Gasteiger partial charge on any atom is -0.308 e. The van der Waals surface area contributed by atoms with Crippen LogP contribution in [0.25, 0.3) is 0 Å². The van der Waals surface area contributed by atoms with Crippen molar-refractivity contribution in [2.24, 2.45) is 0 Å². The molecule has 0 spiro atoms. The summed E-state index contributed by atoms with van der Waals surface area (Å²) in [6.07, 6.45) is 1.05. The van der Waals surface area contributed by atoms with Gasteiger partial charge in [0, 0.05) is 28.4 Å². The molecule has 1 heterocycles. The largest absolute Gasteiger partial charge is 0.308 e. The lowest BCUT2D eigenvalue weighted by Gasteiger charge is -2.05. The normalized spacial score (nSPS) is 10.4. The van der Waals surface area contributed by atoms with Crippen molar-refractivity contribution in [2.45, 2.75) is 26.4 Å². The van der Waals surface area contributed by atoms with Crippen molar-refractivity contribution in [3.8, 4) is 6.07 Å². The van der Waals surface area contributed by atoms with E-state index in [9.17, 15) is 4.39 Å². The van der Waals surface area contributed by atoms with Crippen molar-refractivity contribution >= 4 is 11.3 Å². The van der Waals surface area contributed by atoms with Crippen LogP contribution < -0.4 is 5.32 Å². The second kappa shape index (κ2) is 6.46. The maximum Gasteiger partial charge on any atom is 0.127 e. The Labute approximate surface area is 116 Å². The molecule has 0 fully saturated rings. The molecule has 0 radical (unpaired) electrons. The molecule has 1 aromatic carbocycles.